The van der Waals surface area contributed by atoms with Gasteiger partial charge in [-0.25, -0.2) is 0 Å². The minimum Gasteiger partial charge on any atom is -0.497 e. The Hall–Kier alpha value is -1.94. The number of ether oxygens (including phenoxy) is 1. The smallest absolute Gasteiger partial charge is 0.267 e. The summed E-state index contributed by atoms with van der Waals surface area (Å²) < 4.78 is 24.6. The summed E-state index contributed by atoms with van der Waals surface area (Å²) in [5.41, 5.74) is 0.351. The molecule has 0 heterocycles. The molecule has 0 aliphatic heterocycles. The summed E-state index contributed by atoms with van der Waals surface area (Å²) in [5.74, 6) is 0.314. The first-order valence-corrected chi connectivity index (χ1v) is 9.66. The lowest BCUT2D eigenvalue weighted by Crippen LogP contribution is -2.34. The Morgan fingerprint density at radius 3 is 2.20 bits per heavy atom. The van der Waals surface area contributed by atoms with Gasteiger partial charge in [-0.2, -0.15) is 0 Å². The lowest BCUT2D eigenvalue weighted by Gasteiger charge is -2.35. The molecule has 1 N–H and O–H groups in total. The van der Waals surface area contributed by atoms with Crippen molar-refractivity contribution in [1.82, 2.24) is 0 Å². The van der Waals surface area contributed by atoms with Crippen LogP contribution < -0.4 is 10.0 Å². The molecule has 0 aliphatic rings. The second-order valence-corrected chi connectivity index (χ2v) is 8.35. The van der Waals surface area contributed by atoms with Crippen LogP contribution in [0.1, 0.15) is 25.8 Å². The molecule has 0 radical (unpaired) electrons. The molecular weight excluding hydrogens is 339 g/mol. The largest absolute Gasteiger partial charge is 0.497 e. The molecule has 5 nitrogen and oxygen atoms in total. The highest BCUT2D eigenvalue weighted by molar-refractivity contribution is 7.67. The van der Waals surface area contributed by atoms with Crippen LogP contribution >= 0.6 is 7.37 Å². The Kier molecular flexibility index (Phi) is 6.17. The van der Waals surface area contributed by atoms with Gasteiger partial charge in [-0.15, -0.1) is 0 Å². The van der Waals surface area contributed by atoms with Gasteiger partial charge in [0.2, 0.25) is 0 Å². The Balaban J connectivity index is 2.66. The minimum atomic E-state index is -3.80. The van der Waals surface area contributed by atoms with Crippen molar-refractivity contribution in [3.63, 3.8) is 0 Å². The molecule has 134 valence electrons. The zero-order valence-electron chi connectivity index (χ0n) is 14.6. The van der Waals surface area contributed by atoms with Gasteiger partial charge in [0.25, 0.3) is 7.37 Å². The molecule has 0 fully saturated rings. The second kappa shape index (κ2) is 7.96. The number of hydrogen-bond donors (Lipinski definition) is 1. The molecule has 0 saturated carbocycles. The van der Waals surface area contributed by atoms with E-state index in [1.54, 1.807) is 61.5 Å². The maximum absolute atomic E-state index is 13.9. The van der Waals surface area contributed by atoms with Gasteiger partial charge in [-0.3, -0.25) is 9.36 Å². The Morgan fingerprint density at radius 2 is 1.72 bits per heavy atom. The van der Waals surface area contributed by atoms with Crippen molar-refractivity contribution in [1.29, 1.82) is 0 Å². The van der Waals surface area contributed by atoms with Gasteiger partial charge in [0, 0.05) is 11.7 Å². The lowest BCUT2D eigenvalue weighted by molar-refractivity contribution is -0.120. The first kappa shape index (κ1) is 19.4. The molecule has 2 rings (SSSR count). The first-order valence-electron chi connectivity index (χ1n) is 8.04. The third-order valence-corrected chi connectivity index (χ3v) is 6.93. The molecule has 2 aromatic carbocycles. The number of benzene rings is 2. The van der Waals surface area contributed by atoms with E-state index in [2.05, 4.69) is 0 Å². The summed E-state index contributed by atoms with van der Waals surface area (Å²) in [5, 5.41) is 9.89. The van der Waals surface area contributed by atoms with Crippen LogP contribution in [0.15, 0.2) is 54.6 Å². The number of Topliss-reactive ketones (excluding diaryl/α,β-unsaturated/α-hetero) is 1. The van der Waals surface area contributed by atoms with E-state index in [9.17, 15) is 14.5 Å². The first-order chi connectivity index (χ1) is 11.9. The molecule has 25 heavy (non-hydrogen) atoms. The number of carbonyl (C=O) groups excluding carboxylic acids is 1. The number of methoxy groups -OCH3 is 1. The van der Waals surface area contributed by atoms with Gasteiger partial charge in [0.1, 0.15) is 11.5 Å². The van der Waals surface area contributed by atoms with Crippen LogP contribution in [0.3, 0.4) is 0 Å². The van der Waals surface area contributed by atoms with Crippen molar-refractivity contribution in [2.45, 2.75) is 25.6 Å². The molecule has 0 saturated heterocycles. The Morgan fingerprint density at radius 1 is 1.12 bits per heavy atom. The van der Waals surface area contributed by atoms with Crippen molar-refractivity contribution in [2.75, 3.05) is 13.7 Å². The van der Waals surface area contributed by atoms with Gasteiger partial charge in [-0.1, -0.05) is 30.3 Å². The van der Waals surface area contributed by atoms with Crippen molar-refractivity contribution in [3.05, 3.63) is 60.2 Å². The fourth-order valence-corrected chi connectivity index (χ4v) is 5.42. The van der Waals surface area contributed by atoms with Gasteiger partial charge in [-0.05, 0) is 43.7 Å². The number of aliphatic hydroxyl groups is 1. The van der Waals surface area contributed by atoms with Crippen LogP contribution in [0.25, 0.3) is 0 Å². The second-order valence-electron chi connectivity index (χ2n) is 5.73. The molecule has 6 heteroatoms. The van der Waals surface area contributed by atoms with E-state index in [1.807, 2.05) is 0 Å². The predicted octanol–water partition coefficient (Wildman–Crippen LogP) is 3.46. The average Bonchev–Trinajstić information content (AvgIpc) is 2.62. The Bertz CT molecular complexity index is 757. The molecule has 0 aromatic heterocycles. The molecular formula is C19H23O5P. The van der Waals surface area contributed by atoms with E-state index >= 15 is 0 Å². The molecule has 2 atom stereocenters. The van der Waals surface area contributed by atoms with Crippen molar-refractivity contribution < 1.29 is 23.7 Å². The summed E-state index contributed by atoms with van der Waals surface area (Å²) in [7, 11) is -2.27. The lowest BCUT2D eigenvalue weighted by atomic mass is 10.0. The summed E-state index contributed by atoms with van der Waals surface area (Å²) in [6.45, 7) is 3.20. The highest BCUT2D eigenvalue weighted by Gasteiger charge is 2.51. The van der Waals surface area contributed by atoms with Gasteiger partial charge < -0.3 is 14.4 Å². The van der Waals surface area contributed by atoms with E-state index in [4.69, 9.17) is 9.26 Å². The SMILES string of the molecule is CCO[P@@](=O)(c1ccccc1)[C@](O)(CC(C)=O)c1ccc(OC)cc1. The van der Waals surface area contributed by atoms with Crippen molar-refractivity contribution >= 4 is 18.5 Å². The zero-order chi connectivity index (χ0) is 18.5. The van der Waals surface area contributed by atoms with Gasteiger partial charge in [0.05, 0.1) is 13.7 Å². The van der Waals surface area contributed by atoms with Crippen LogP contribution in [-0.4, -0.2) is 24.6 Å². The van der Waals surface area contributed by atoms with Crippen LogP contribution in [0, 0.1) is 0 Å². The van der Waals surface area contributed by atoms with Crippen LogP contribution in [-0.2, 0) is 19.2 Å². The van der Waals surface area contributed by atoms with E-state index < -0.39 is 12.7 Å². The quantitative estimate of drug-likeness (QED) is 0.728. The van der Waals surface area contributed by atoms with E-state index in [1.165, 1.54) is 14.0 Å². The summed E-state index contributed by atoms with van der Waals surface area (Å²) in [6.07, 6.45) is -0.314. The van der Waals surface area contributed by atoms with Crippen LogP contribution in [0.2, 0.25) is 0 Å². The fourth-order valence-electron chi connectivity index (χ4n) is 2.78. The standard InChI is InChI=1S/C19H23O5P/c1-4-24-25(22,18-8-6-5-7-9-18)19(21,14-15(2)20)16-10-12-17(23-3)13-11-16/h5-13,21H,4,14H2,1-3H3/t19-,25+/m1/s1. The third kappa shape index (κ3) is 3.84. The molecule has 0 bridgehead atoms. The van der Waals surface area contributed by atoms with E-state index in [0.29, 0.717) is 16.6 Å². The van der Waals surface area contributed by atoms with E-state index in [-0.39, 0.29) is 18.8 Å². The Labute approximate surface area is 148 Å². The summed E-state index contributed by atoms with van der Waals surface area (Å²) in [4.78, 5) is 11.9. The topological polar surface area (TPSA) is 72.8 Å². The maximum Gasteiger partial charge on any atom is 0.267 e. The highest BCUT2D eigenvalue weighted by atomic mass is 31.2. The number of carbonyl (C=O) groups is 1. The number of hydrogen-bond acceptors (Lipinski definition) is 5. The molecule has 0 spiro atoms. The van der Waals surface area contributed by atoms with Gasteiger partial charge in [0.15, 0.2) is 5.34 Å². The predicted molar refractivity (Wildman–Crippen MR) is 97.5 cm³/mol. The van der Waals surface area contributed by atoms with Crippen LogP contribution in [0.5, 0.6) is 5.75 Å². The van der Waals surface area contributed by atoms with E-state index in [0.717, 1.165) is 0 Å². The molecule has 2 aromatic rings. The van der Waals surface area contributed by atoms with Gasteiger partial charge >= 0.3 is 0 Å². The molecule has 0 amide bonds. The fraction of sp³-hybridized carbons (Fsp3) is 0.316. The number of ketones is 1. The van der Waals surface area contributed by atoms with Crippen LogP contribution in [0.4, 0.5) is 0 Å². The number of rotatable bonds is 8. The average molecular weight is 362 g/mol. The normalized spacial score (nSPS) is 15.8. The van der Waals surface area contributed by atoms with Crippen molar-refractivity contribution in [3.8, 4) is 5.75 Å². The molecule has 0 unspecified atom stereocenters. The minimum absolute atomic E-state index is 0.141. The zero-order valence-corrected chi connectivity index (χ0v) is 15.5. The highest BCUT2D eigenvalue weighted by Crippen LogP contribution is 2.63. The maximum atomic E-state index is 13.9. The third-order valence-electron chi connectivity index (χ3n) is 3.94. The summed E-state index contributed by atoms with van der Waals surface area (Å²) in [6, 6.07) is 15.1. The summed E-state index contributed by atoms with van der Waals surface area (Å²) >= 11 is 0. The molecule has 0 aliphatic carbocycles. The van der Waals surface area contributed by atoms with Crippen molar-refractivity contribution in [2.24, 2.45) is 0 Å². The monoisotopic (exact) mass is 362 g/mol.